The number of allylic oxidation sites excluding steroid dienone is 2. The van der Waals surface area contributed by atoms with Crippen molar-refractivity contribution in [3.05, 3.63) is 139 Å². The van der Waals surface area contributed by atoms with Gasteiger partial charge >= 0.3 is 0 Å². The van der Waals surface area contributed by atoms with E-state index in [2.05, 4.69) is 20.5 Å². The van der Waals surface area contributed by atoms with Crippen LogP contribution in [0.25, 0.3) is 0 Å². The van der Waals surface area contributed by atoms with Crippen molar-refractivity contribution in [3.8, 4) is 5.75 Å². The molecule has 64 heavy (non-hydrogen) atoms. The molecular weight excluding hydrogens is 809 g/mol. The van der Waals surface area contributed by atoms with Gasteiger partial charge < -0.3 is 19.6 Å². The Balaban J connectivity index is 0.984. The molecule has 0 bridgehead atoms. The van der Waals surface area contributed by atoms with Crippen LogP contribution in [0.5, 0.6) is 5.75 Å². The number of carbonyl (C=O) groups excluding carboxylic acids is 4. The van der Waals surface area contributed by atoms with E-state index in [-0.39, 0.29) is 43.3 Å². The number of azo groups is 2. The van der Waals surface area contributed by atoms with Crippen LogP contribution in [-0.2, 0) is 19.2 Å². The second kappa shape index (κ2) is 17.4. The summed E-state index contributed by atoms with van der Waals surface area (Å²) in [5.74, 6) is -4.54. The number of hydrogen-bond donors (Lipinski definition) is 1. The van der Waals surface area contributed by atoms with Crippen molar-refractivity contribution in [1.29, 1.82) is 0 Å². The van der Waals surface area contributed by atoms with Gasteiger partial charge in [-0.25, -0.2) is 0 Å². The lowest BCUT2D eigenvalue weighted by molar-refractivity contribution is -0.126. The summed E-state index contributed by atoms with van der Waals surface area (Å²) in [4.78, 5) is 64.7. The van der Waals surface area contributed by atoms with Gasteiger partial charge in [-0.15, -0.1) is 0 Å². The molecule has 3 fully saturated rings. The van der Waals surface area contributed by atoms with Crippen LogP contribution in [-0.4, -0.2) is 70.1 Å². The van der Waals surface area contributed by atoms with E-state index in [0.29, 0.717) is 46.3 Å². The summed E-state index contributed by atoms with van der Waals surface area (Å²) in [6.07, 6.45) is 2.59. The van der Waals surface area contributed by atoms with Crippen LogP contribution >= 0.6 is 0 Å². The third-order valence-electron chi connectivity index (χ3n) is 12.8. The molecule has 14 nitrogen and oxygen atoms in total. The van der Waals surface area contributed by atoms with Crippen molar-refractivity contribution >= 4 is 69.1 Å². The van der Waals surface area contributed by atoms with Gasteiger partial charge in [-0.1, -0.05) is 23.8 Å². The molecule has 2 aliphatic carbocycles. The van der Waals surface area contributed by atoms with Gasteiger partial charge in [0.15, 0.2) is 0 Å². The normalized spacial score (nSPS) is 22.8. The maximum Gasteiger partial charge on any atom is 0.238 e. The van der Waals surface area contributed by atoms with E-state index in [1.54, 1.807) is 60.7 Å². The lowest BCUT2D eigenvalue weighted by Gasteiger charge is -2.44. The fraction of sp³-hybridized carbons (Fsp3) is 0.280. The summed E-state index contributed by atoms with van der Waals surface area (Å²) >= 11 is 0. The van der Waals surface area contributed by atoms with Gasteiger partial charge in [-0.05, 0) is 134 Å². The number of anilines is 4. The van der Waals surface area contributed by atoms with Gasteiger partial charge in [0.05, 0.1) is 64.4 Å². The number of carbonyl (C=O) groups is 4. The average molecular weight is 857 g/mol. The SMILES string of the molecule is CN(C)c1ccc(N=Nc2ccc(N3C(=O)[C@H]4[C@H](CC=C5[C@H]4C[C@H]4C(=O)N(c6ccc(N=Nc7ccc(N(C)C)cc7)cc6)C(=O)[C@H]4[C@H]5c4ccc(OCCO)cc4)C3=O)cc2)cc1. The Kier molecular flexibility index (Phi) is 11.5. The molecule has 9 rings (SSSR count). The number of ether oxygens (including phenoxy) is 1. The second-order valence-electron chi connectivity index (χ2n) is 16.9. The van der Waals surface area contributed by atoms with Crippen LogP contribution in [0, 0.1) is 29.6 Å². The molecule has 2 heterocycles. The summed E-state index contributed by atoms with van der Waals surface area (Å²) < 4.78 is 5.65. The van der Waals surface area contributed by atoms with Gasteiger partial charge in [0, 0.05) is 45.5 Å². The van der Waals surface area contributed by atoms with Crippen molar-refractivity contribution in [3.63, 3.8) is 0 Å². The van der Waals surface area contributed by atoms with E-state index in [0.717, 1.165) is 22.5 Å². The third-order valence-corrected chi connectivity index (χ3v) is 12.8. The lowest BCUT2D eigenvalue weighted by Crippen LogP contribution is -2.43. The third kappa shape index (κ3) is 7.85. The zero-order chi connectivity index (χ0) is 44.6. The van der Waals surface area contributed by atoms with Gasteiger partial charge in [0.2, 0.25) is 23.6 Å². The molecule has 5 aromatic rings. The van der Waals surface area contributed by atoms with E-state index >= 15 is 0 Å². The van der Waals surface area contributed by atoms with E-state index in [4.69, 9.17) is 4.74 Å². The largest absolute Gasteiger partial charge is 0.491 e. The Morgan fingerprint density at radius 2 is 0.984 bits per heavy atom. The standard InChI is InChI=1S/C50H48N8O6/c1-55(2)35-15-7-31(8-16-35)51-53-33-11-19-37(20-12-33)57-47(60)41-26-25-40-42(45(41)49(57)62)29-43-46(44(40)30-5-23-39(24-6-30)64-28-27-59)50(63)58(48(43)61)38-21-13-34(14-22-38)54-52-32-9-17-36(18-10-32)56(3)4/h5-25,41-46,59H,26-29H2,1-4H3/t41-,42+,43+,44-,45-,46+/m0/s1. The molecule has 4 aliphatic rings. The number of rotatable bonds is 12. The number of nitrogens with zero attached hydrogens (tertiary/aromatic N) is 8. The quantitative estimate of drug-likeness (QED) is 0.0739. The second-order valence-corrected chi connectivity index (χ2v) is 16.9. The summed E-state index contributed by atoms with van der Waals surface area (Å²) in [6.45, 7) is -0.0151. The smallest absolute Gasteiger partial charge is 0.238 e. The Bertz CT molecular complexity index is 2660. The van der Waals surface area contributed by atoms with Crippen LogP contribution in [0.15, 0.2) is 153 Å². The molecule has 4 amide bonds. The van der Waals surface area contributed by atoms with Gasteiger partial charge in [0.25, 0.3) is 0 Å². The number of benzene rings is 5. The topological polar surface area (TPSA) is 160 Å². The van der Waals surface area contributed by atoms with E-state index in [9.17, 15) is 24.3 Å². The fourth-order valence-electron chi connectivity index (χ4n) is 9.61. The van der Waals surface area contributed by atoms with Crippen LogP contribution in [0.1, 0.15) is 24.3 Å². The number of imide groups is 2. The molecule has 6 atom stereocenters. The Hall–Kier alpha value is -7.32. The molecule has 1 saturated carbocycles. The highest BCUT2D eigenvalue weighted by Gasteiger charge is 2.62. The molecule has 0 radical (unpaired) electrons. The van der Waals surface area contributed by atoms with E-state index in [1.165, 1.54) is 9.80 Å². The molecule has 1 N–H and O–H groups in total. The first-order valence-electron chi connectivity index (χ1n) is 21.4. The molecule has 5 aromatic carbocycles. The summed E-state index contributed by atoms with van der Waals surface area (Å²) in [7, 11) is 7.86. The molecule has 14 heteroatoms. The number of amides is 4. The Morgan fingerprint density at radius 1 is 0.547 bits per heavy atom. The van der Waals surface area contributed by atoms with Crippen molar-refractivity contribution < 1.29 is 29.0 Å². The molecule has 0 spiro atoms. The van der Waals surface area contributed by atoms with Crippen LogP contribution in [0.3, 0.4) is 0 Å². The van der Waals surface area contributed by atoms with Crippen LogP contribution < -0.4 is 24.3 Å². The van der Waals surface area contributed by atoms with E-state index in [1.807, 2.05) is 105 Å². The first-order chi connectivity index (χ1) is 31.0. The Labute approximate surface area is 371 Å². The highest BCUT2D eigenvalue weighted by molar-refractivity contribution is 6.24. The zero-order valence-corrected chi connectivity index (χ0v) is 36.0. The minimum atomic E-state index is -0.742. The molecule has 324 valence electrons. The predicted octanol–water partition coefficient (Wildman–Crippen LogP) is 9.07. The Morgan fingerprint density at radius 3 is 1.44 bits per heavy atom. The van der Waals surface area contributed by atoms with Crippen molar-refractivity contribution in [2.45, 2.75) is 18.8 Å². The maximum atomic E-state index is 14.7. The first kappa shape index (κ1) is 42.0. The predicted molar refractivity (Wildman–Crippen MR) is 244 cm³/mol. The molecule has 0 aromatic heterocycles. The minimum absolute atomic E-state index is 0.126. The van der Waals surface area contributed by atoms with Crippen LogP contribution in [0.2, 0.25) is 0 Å². The molecule has 2 aliphatic heterocycles. The van der Waals surface area contributed by atoms with Crippen molar-refractivity contribution in [2.75, 3.05) is 61.0 Å². The highest BCUT2D eigenvalue weighted by atomic mass is 16.5. The molecular formula is C50H48N8O6. The van der Waals surface area contributed by atoms with E-state index < -0.39 is 35.5 Å². The summed E-state index contributed by atoms with van der Waals surface area (Å²) in [6, 6.07) is 36.4. The lowest BCUT2D eigenvalue weighted by atomic mass is 9.57. The number of aliphatic hydroxyl groups excluding tert-OH is 1. The monoisotopic (exact) mass is 856 g/mol. The van der Waals surface area contributed by atoms with Crippen molar-refractivity contribution in [2.24, 2.45) is 50.0 Å². The number of hydrogen-bond acceptors (Lipinski definition) is 12. The van der Waals surface area contributed by atoms with Gasteiger partial charge in [-0.2, -0.15) is 20.5 Å². The summed E-state index contributed by atoms with van der Waals surface area (Å²) in [5, 5.41) is 26.8. The summed E-state index contributed by atoms with van der Waals surface area (Å²) in [5.41, 5.74) is 7.12. The molecule has 2 saturated heterocycles. The zero-order valence-electron chi connectivity index (χ0n) is 36.0. The van der Waals surface area contributed by atoms with Gasteiger partial charge in [0.1, 0.15) is 12.4 Å². The maximum absolute atomic E-state index is 14.7. The van der Waals surface area contributed by atoms with Gasteiger partial charge in [-0.3, -0.25) is 29.0 Å². The number of fused-ring (bicyclic) bond motifs is 4. The fourth-order valence-corrected chi connectivity index (χ4v) is 9.61. The first-order valence-corrected chi connectivity index (χ1v) is 21.4. The van der Waals surface area contributed by atoms with Crippen LogP contribution in [0.4, 0.5) is 45.5 Å². The molecule has 0 unspecified atom stereocenters. The highest BCUT2D eigenvalue weighted by Crippen LogP contribution is 2.58. The average Bonchev–Trinajstić information content (AvgIpc) is 3.72. The number of aliphatic hydroxyl groups is 1. The minimum Gasteiger partial charge on any atom is -0.491 e. The van der Waals surface area contributed by atoms with Crippen molar-refractivity contribution in [1.82, 2.24) is 0 Å².